The van der Waals surface area contributed by atoms with E-state index in [1.165, 1.54) is 34.3 Å². The van der Waals surface area contributed by atoms with Crippen molar-refractivity contribution in [2.75, 3.05) is 7.11 Å². The third kappa shape index (κ3) is 2.86. The minimum atomic E-state index is -0.393. The molecule has 0 atom stereocenters. The number of hydrogen-bond donors (Lipinski definition) is 0. The third-order valence-electron chi connectivity index (χ3n) is 3.55. The second kappa shape index (κ2) is 6.23. The summed E-state index contributed by atoms with van der Waals surface area (Å²) in [5, 5.41) is 6.24. The number of benzene rings is 1. The lowest BCUT2D eigenvalue weighted by atomic mass is 10.1. The minimum Gasteiger partial charge on any atom is -0.465 e. The van der Waals surface area contributed by atoms with Crippen LogP contribution in [0.2, 0.25) is 0 Å². The largest absolute Gasteiger partial charge is 0.465 e. The molecule has 6 nitrogen and oxygen atoms in total. The van der Waals surface area contributed by atoms with E-state index < -0.39 is 5.97 Å². The Morgan fingerprint density at radius 1 is 1.24 bits per heavy atom. The fourth-order valence-corrected chi connectivity index (χ4v) is 3.89. The fraction of sp³-hybridized carbons (Fsp3) is 0.0588. The van der Waals surface area contributed by atoms with Gasteiger partial charge in [0.25, 0.3) is 5.56 Å². The van der Waals surface area contributed by atoms with Gasteiger partial charge in [-0.1, -0.05) is 29.5 Å². The smallest absolute Gasteiger partial charge is 0.337 e. The maximum atomic E-state index is 12.5. The third-order valence-corrected chi connectivity index (χ3v) is 5.38. The Labute approximate surface area is 149 Å². The molecular weight excluding hydrogens is 358 g/mol. The van der Waals surface area contributed by atoms with Gasteiger partial charge in [0, 0.05) is 0 Å². The van der Waals surface area contributed by atoms with Crippen LogP contribution in [0.3, 0.4) is 0 Å². The quantitative estimate of drug-likeness (QED) is 0.518. The first-order valence-corrected chi connectivity index (χ1v) is 8.99. The van der Waals surface area contributed by atoms with Gasteiger partial charge in [-0.3, -0.25) is 4.79 Å². The Bertz CT molecular complexity index is 1160. The van der Waals surface area contributed by atoms with E-state index in [2.05, 4.69) is 14.8 Å². The molecule has 0 N–H and O–H groups in total. The molecule has 25 heavy (non-hydrogen) atoms. The molecule has 3 heterocycles. The van der Waals surface area contributed by atoms with Gasteiger partial charge in [-0.2, -0.15) is 9.50 Å². The average molecular weight is 369 g/mol. The standard InChI is InChI=1S/C17H11N3O3S2/c1-23-16(22)11-6-4-10(5-7-11)9-13-15(21)20-17(25-13)18-14(19-20)12-3-2-8-24-12/h2-9H,1H3/b13-9-. The number of nitrogens with zero attached hydrogens (tertiary/aromatic N) is 3. The second-order valence-electron chi connectivity index (χ2n) is 5.14. The summed E-state index contributed by atoms with van der Waals surface area (Å²) in [7, 11) is 1.34. The lowest BCUT2D eigenvalue weighted by Crippen LogP contribution is -2.23. The highest BCUT2D eigenvalue weighted by molar-refractivity contribution is 7.15. The summed E-state index contributed by atoms with van der Waals surface area (Å²) >= 11 is 2.82. The van der Waals surface area contributed by atoms with Crippen LogP contribution in [0, 0.1) is 0 Å². The first-order chi connectivity index (χ1) is 12.2. The molecule has 1 aromatic carbocycles. The molecule has 0 aliphatic rings. The number of rotatable bonds is 3. The van der Waals surface area contributed by atoms with Crippen molar-refractivity contribution in [3.05, 3.63) is 67.8 Å². The van der Waals surface area contributed by atoms with E-state index in [4.69, 9.17) is 0 Å². The van der Waals surface area contributed by atoms with E-state index in [1.807, 2.05) is 17.5 Å². The van der Waals surface area contributed by atoms with Crippen LogP contribution in [-0.4, -0.2) is 27.7 Å². The monoisotopic (exact) mass is 369 g/mol. The van der Waals surface area contributed by atoms with Crippen LogP contribution < -0.4 is 10.1 Å². The van der Waals surface area contributed by atoms with Gasteiger partial charge >= 0.3 is 5.97 Å². The van der Waals surface area contributed by atoms with Crippen molar-refractivity contribution >= 4 is 39.7 Å². The van der Waals surface area contributed by atoms with Gasteiger partial charge in [-0.15, -0.1) is 16.4 Å². The summed E-state index contributed by atoms with van der Waals surface area (Å²) in [5.74, 6) is 0.170. The van der Waals surface area contributed by atoms with Gasteiger partial charge in [-0.05, 0) is 35.2 Å². The number of thiazole rings is 1. The molecule has 0 radical (unpaired) electrons. The normalized spacial score (nSPS) is 12.0. The number of hydrogen-bond acceptors (Lipinski definition) is 7. The van der Waals surface area contributed by atoms with Gasteiger partial charge in [-0.25, -0.2) is 4.79 Å². The van der Waals surface area contributed by atoms with E-state index in [0.717, 1.165) is 10.4 Å². The number of methoxy groups -OCH3 is 1. The highest BCUT2D eigenvalue weighted by Crippen LogP contribution is 2.21. The first kappa shape index (κ1) is 15.7. The SMILES string of the molecule is COC(=O)c1ccc(/C=c2\sc3nc(-c4cccs4)nn3c2=O)cc1. The molecule has 0 unspecified atom stereocenters. The zero-order valence-corrected chi connectivity index (χ0v) is 14.6. The maximum Gasteiger partial charge on any atom is 0.337 e. The maximum absolute atomic E-state index is 12.5. The molecule has 4 rings (SSSR count). The van der Waals surface area contributed by atoms with Gasteiger partial charge in [0.1, 0.15) is 0 Å². The van der Waals surface area contributed by atoms with E-state index >= 15 is 0 Å². The number of fused-ring (bicyclic) bond motifs is 1. The van der Waals surface area contributed by atoms with Crippen LogP contribution >= 0.6 is 22.7 Å². The zero-order chi connectivity index (χ0) is 17.4. The number of thiophene rings is 1. The van der Waals surface area contributed by atoms with Crippen molar-refractivity contribution in [3.63, 3.8) is 0 Å². The number of aromatic nitrogens is 3. The minimum absolute atomic E-state index is 0.202. The van der Waals surface area contributed by atoms with Crippen molar-refractivity contribution in [1.82, 2.24) is 14.6 Å². The second-order valence-corrected chi connectivity index (χ2v) is 7.09. The Balaban J connectivity index is 1.73. The van der Waals surface area contributed by atoms with Crippen molar-refractivity contribution in [1.29, 1.82) is 0 Å². The predicted octanol–water partition coefficient (Wildman–Crippen LogP) is 2.21. The van der Waals surface area contributed by atoms with Crippen molar-refractivity contribution in [3.8, 4) is 10.7 Å². The summed E-state index contributed by atoms with van der Waals surface area (Å²) in [6.45, 7) is 0. The molecule has 0 saturated heterocycles. The summed E-state index contributed by atoms with van der Waals surface area (Å²) in [6.07, 6.45) is 1.76. The summed E-state index contributed by atoms with van der Waals surface area (Å²) < 4.78 is 6.54. The summed E-state index contributed by atoms with van der Waals surface area (Å²) in [4.78, 5) is 29.9. The summed E-state index contributed by atoms with van der Waals surface area (Å²) in [6, 6.07) is 10.7. The molecule has 0 amide bonds. The Kier molecular flexibility index (Phi) is 3.90. The molecule has 8 heteroatoms. The first-order valence-electron chi connectivity index (χ1n) is 7.29. The summed E-state index contributed by atoms with van der Waals surface area (Å²) in [5.41, 5.74) is 1.07. The number of carbonyl (C=O) groups is 1. The highest BCUT2D eigenvalue weighted by atomic mass is 32.1. The van der Waals surface area contributed by atoms with Crippen LogP contribution in [0.25, 0.3) is 21.7 Å². The van der Waals surface area contributed by atoms with Crippen LogP contribution in [-0.2, 0) is 4.74 Å². The molecule has 0 saturated carbocycles. The molecule has 0 fully saturated rings. The van der Waals surface area contributed by atoms with E-state index in [-0.39, 0.29) is 5.56 Å². The highest BCUT2D eigenvalue weighted by Gasteiger charge is 2.12. The average Bonchev–Trinajstić information content (AvgIpc) is 3.34. The molecule has 0 bridgehead atoms. The van der Waals surface area contributed by atoms with Crippen LogP contribution in [0.15, 0.2) is 46.6 Å². The molecular formula is C17H11N3O3S2. The van der Waals surface area contributed by atoms with Gasteiger partial charge < -0.3 is 4.74 Å². The van der Waals surface area contributed by atoms with Crippen molar-refractivity contribution in [2.24, 2.45) is 0 Å². The van der Waals surface area contributed by atoms with Gasteiger partial charge in [0.15, 0.2) is 5.82 Å². The molecule has 0 aliphatic heterocycles. The topological polar surface area (TPSA) is 73.6 Å². The fourth-order valence-electron chi connectivity index (χ4n) is 2.33. The van der Waals surface area contributed by atoms with Crippen LogP contribution in [0.5, 0.6) is 0 Å². The Morgan fingerprint density at radius 3 is 2.68 bits per heavy atom. The van der Waals surface area contributed by atoms with Crippen molar-refractivity contribution < 1.29 is 9.53 Å². The molecule has 0 spiro atoms. The van der Waals surface area contributed by atoms with Gasteiger partial charge in [0.05, 0.1) is 22.1 Å². The van der Waals surface area contributed by atoms with Gasteiger partial charge in [0.2, 0.25) is 4.96 Å². The molecule has 3 aromatic heterocycles. The Morgan fingerprint density at radius 2 is 2.04 bits per heavy atom. The van der Waals surface area contributed by atoms with E-state index in [9.17, 15) is 9.59 Å². The van der Waals surface area contributed by atoms with E-state index in [1.54, 1.807) is 30.3 Å². The van der Waals surface area contributed by atoms with E-state index in [0.29, 0.717) is 20.9 Å². The predicted molar refractivity (Wildman–Crippen MR) is 97.0 cm³/mol. The van der Waals surface area contributed by atoms with Crippen molar-refractivity contribution in [2.45, 2.75) is 0 Å². The van der Waals surface area contributed by atoms with Crippen LogP contribution in [0.4, 0.5) is 0 Å². The number of esters is 1. The lowest BCUT2D eigenvalue weighted by molar-refractivity contribution is 0.0600. The molecule has 0 aliphatic carbocycles. The number of ether oxygens (including phenoxy) is 1. The van der Waals surface area contributed by atoms with Crippen LogP contribution in [0.1, 0.15) is 15.9 Å². The zero-order valence-electron chi connectivity index (χ0n) is 13.0. The Hall–Kier alpha value is -2.84. The molecule has 4 aromatic rings. The lowest BCUT2D eigenvalue weighted by Gasteiger charge is -1.98. The molecule has 124 valence electrons. The number of carbonyl (C=O) groups excluding carboxylic acids is 1.